The third-order valence-corrected chi connectivity index (χ3v) is 4.33. The SMILES string of the molecule is c1cc2c(c(NC3CCCNCC3)c1)CCCC2. The van der Waals surface area contributed by atoms with Crippen LogP contribution in [-0.4, -0.2) is 19.1 Å². The van der Waals surface area contributed by atoms with Crippen molar-refractivity contribution in [2.75, 3.05) is 18.4 Å². The molecule has 1 fully saturated rings. The summed E-state index contributed by atoms with van der Waals surface area (Å²) in [5.41, 5.74) is 4.60. The van der Waals surface area contributed by atoms with Crippen LogP contribution in [0.1, 0.15) is 43.2 Å². The van der Waals surface area contributed by atoms with Crippen molar-refractivity contribution in [3.05, 3.63) is 29.3 Å². The summed E-state index contributed by atoms with van der Waals surface area (Å²) in [6, 6.07) is 7.48. The van der Waals surface area contributed by atoms with Gasteiger partial charge in [0.25, 0.3) is 0 Å². The molecule has 2 heteroatoms. The number of rotatable bonds is 2. The van der Waals surface area contributed by atoms with Gasteiger partial charge in [-0.2, -0.15) is 0 Å². The zero-order valence-electron chi connectivity index (χ0n) is 11.2. The lowest BCUT2D eigenvalue weighted by Gasteiger charge is -2.24. The van der Waals surface area contributed by atoms with Crippen molar-refractivity contribution in [3.63, 3.8) is 0 Å². The first-order chi connectivity index (χ1) is 8.93. The number of anilines is 1. The molecule has 1 aromatic rings. The third-order valence-electron chi connectivity index (χ3n) is 4.33. The van der Waals surface area contributed by atoms with Gasteiger partial charge >= 0.3 is 0 Å². The molecular formula is C16H24N2. The molecule has 0 amide bonds. The maximum absolute atomic E-state index is 3.81. The largest absolute Gasteiger partial charge is 0.382 e. The smallest absolute Gasteiger partial charge is 0.0377 e. The molecule has 1 heterocycles. The van der Waals surface area contributed by atoms with E-state index in [1.807, 2.05) is 0 Å². The maximum atomic E-state index is 3.81. The normalized spacial score (nSPS) is 24.1. The quantitative estimate of drug-likeness (QED) is 0.835. The zero-order chi connectivity index (χ0) is 12.2. The molecular weight excluding hydrogens is 220 g/mol. The molecule has 3 rings (SSSR count). The van der Waals surface area contributed by atoms with Crippen LogP contribution >= 0.6 is 0 Å². The van der Waals surface area contributed by atoms with Crippen molar-refractivity contribution >= 4 is 5.69 Å². The van der Waals surface area contributed by atoms with Gasteiger partial charge in [0, 0.05) is 11.7 Å². The summed E-state index contributed by atoms with van der Waals surface area (Å²) >= 11 is 0. The van der Waals surface area contributed by atoms with E-state index in [1.165, 1.54) is 57.2 Å². The number of aryl methyl sites for hydroxylation is 1. The highest BCUT2D eigenvalue weighted by Gasteiger charge is 2.16. The van der Waals surface area contributed by atoms with E-state index in [9.17, 15) is 0 Å². The Morgan fingerprint density at radius 2 is 1.94 bits per heavy atom. The molecule has 98 valence electrons. The number of nitrogens with one attached hydrogen (secondary N) is 2. The summed E-state index contributed by atoms with van der Waals surface area (Å²) in [6.07, 6.45) is 9.12. The number of fused-ring (bicyclic) bond motifs is 1. The second kappa shape index (κ2) is 5.75. The minimum absolute atomic E-state index is 0.661. The molecule has 0 radical (unpaired) electrons. The van der Waals surface area contributed by atoms with Crippen LogP contribution in [0.3, 0.4) is 0 Å². The summed E-state index contributed by atoms with van der Waals surface area (Å²) < 4.78 is 0. The molecule has 2 nitrogen and oxygen atoms in total. The molecule has 1 aliphatic heterocycles. The fourth-order valence-corrected chi connectivity index (χ4v) is 3.30. The van der Waals surface area contributed by atoms with E-state index in [-0.39, 0.29) is 0 Å². The molecule has 0 aromatic heterocycles. The first kappa shape index (κ1) is 12.0. The van der Waals surface area contributed by atoms with Gasteiger partial charge in [-0.15, -0.1) is 0 Å². The molecule has 0 spiro atoms. The summed E-state index contributed by atoms with van der Waals surface area (Å²) in [6.45, 7) is 2.35. The Kier molecular flexibility index (Phi) is 3.84. The van der Waals surface area contributed by atoms with Gasteiger partial charge in [-0.3, -0.25) is 0 Å². The van der Waals surface area contributed by atoms with E-state index in [0.717, 1.165) is 6.54 Å². The van der Waals surface area contributed by atoms with Gasteiger partial charge < -0.3 is 10.6 Å². The average Bonchev–Trinajstić information content (AvgIpc) is 2.68. The maximum Gasteiger partial charge on any atom is 0.0377 e. The van der Waals surface area contributed by atoms with Crippen LogP contribution in [0.2, 0.25) is 0 Å². The van der Waals surface area contributed by atoms with E-state index in [1.54, 1.807) is 11.1 Å². The Bertz CT molecular complexity index is 392. The molecule has 1 aliphatic carbocycles. The average molecular weight is 244 g/mol. The lowest BCUT2D eigenvalue weighted by atomic mass is 9.90. The van der Waals surface area contributed by atoms with Crippen LogP contribution < -0.4 is 10.6 Å². The summed E-state index contributed by atoms with van der Waals surface area (Å²) in [5.74, 6) is 0. The van der Waals surface area contributed by atoms with E-state index in [2.05, 4.69) is 28.8 Å². The fraction of sp³-hybridized carbons (Fsp3) is 0.625. The zero-order valence-corrected chi connectivity index (χ0v) is 11.2. The standard InChI is InChI=1S/C16H24N2/c1-2-8-15-13(5-1)6-3-9-16(15)18-14-7-4-11-17-12-10-14/h3,6,9,14,17-18H,1-2,4-5,7-8,10-12H2. The predicted octanol–water partition coefficient (Wildman–Crippen LogP) is 3.12. The monoisotopic (exact) mass is 244 g/mol. The Hall–Kier alpha value is -1.02. The van der Waals surface area contributed by atoms with Crippen LogP contribution in [-0.2, 0) is 12.8 Å². The van der Waals surface area contributed by atoms with Crippen molar-refractivity contribution in [2.45, 2.75) is 51.0 Å². The first-order valence-corrected chi connectivity index (χ1v) is 7.51. The summed E-state index contributed by atoms with van der Waals surface area (Å²) in [7, 11) is 0. The first-order valence-electron chi connectivity index (χ1n) is 7.51. The Morgan fingerprint density at radius 1 is 1.00 bits per heavy atom. The van der Waals surface area contributed by atoms with Gasteiger partial charge in [0.2, 0.25) is 0 Å². The van der Waals surface area contributed by atoms with Gasteiger partial charge in [0.1, 0.15) is 0 Å². The van der Waals surface area contributed by atoms with Crippen LogP contribution in [0.4, 0.5) is 5.69 Å². The number of hydrogen-bond donors (Lipinski definition) is 2. The van der Waals surface area contributed by atoms with E-state index >= 15 is 0 Å². The highest BCUT2D eigenvalue weighted by molar-refractivity contribution is 5.56. The van der Waals surface area contributed by atoms with Gasteiger partial charge in [-0.1, -0.05) is 12.1 Å². The summed E-state index contributed by atoms with van der Waals surface area (Å²) in [4.78, 5) is 0. The van der Waals surface area contributed by atoms with Gasteiger partial charge in [0.05, 0.1) is 0 Å². The van der Waals surface area contributed by atoms with Gasteiger partial charge in [-0.05, 0) is 75.2 Å². The van der Waals surface area contributed by atoms with Crippen LogP contribution in [0, 0.1) is 0 Å². The molecule has 1 unspecified atom stereocenters. The summed E-state index contributed by atoms with van der Waals surface area (Å²) in [5, 5.41) is 7.29. The molecule has 2 aliphatic rings. The van der Waals surface area contributed by atoms with Crippen molar-refractivity contribution in [1.82, 2.24) is 5.32 Å². The third kappa shape index (κ3) is 2.69. The number of benzene rings is 1. The molecule has 0 bridgehead atoms. The van der Waals surface area contributed by atoms with E-state index in [4.69, 9.17) is 0 Å². The molecule has 0 saturated carbocycles. The van der Waals surface area contributed by atoms with Crippen molar-refractivity contribution in [1.29, 1.82) is 0 Å². The highest BCUT2D eigenvalue weighted by Crippen LogP contribution is 2.29. The van der Waals surface area contributed by atoms with Gasteiger partial charge in [-0.25, -0.2) is 0 Å². The second-order valence-corrected chi connectivity index (χ2v) is 5.67. The van der Waals surface area contributed by atoms with Crippen LogP contribution in [0.25, 0.3) is 0 Å². The molecule has 18 heavy (non-hydrogen) atoms. The Morgan fingerprint density at radius 3 is 2.94 bits per heavy atom. The molecule has 1 aromatic carbocycles. The number of hydrogen-bond acceptors (Lipinski definition) is 2. The fourth-order valence-electron chi connectivity index (χ4n) is 3.30. The van der Waals surface area contributed by atoms with Crippen LogP contribution in [0.15, 0.2) is 18.2 Å². The molecule has 1 atom stereocenters. The van der Waals surface area contributed by atoms with Crippen LogP contribution in [0.5, 0.6) is 0 Å². The Balaban J connectivity index is 1.75. The molecule has 2 N–H and O–H groups in total. The predicted molar refractivity (Wildman–Crippen MR) is 77.2 cm³/mol. The Labute approximate surface area is 110 Å². The minimum Gasteiger partial charge on any atom is -0.382 e. The van der Waals surface area contributed by atoms with E-state index < -0.39 is 0 Å². The van der Waals surface area contributed by atoms with Crippen molar-refractivity contribution in [3.8, 4) is 0 Å². The lowest BCUT2D eigenvalue weighted by Crippen LogP contribution is -2.22. The highest BCUT2D eigenvalue weighted by atomic mass is 14.9. The lowest BCUT2D eigenvalue weighted by molar-refractivity contribution is 0.632. The minimum atomic E-state index is 0.661. The van der Waals surface area contributed by atoms with E-state index in [0.29, 0.717) is 6.04 Å². The molecule has 1 saturated heterocycles. The second-order valence-electron chi connectivity index (χ2n) is 5.67. The van der Waals surface area contributed by atoms with Gasteiger partial charge in [0.15, 0.2) is 0 Å². The van der Waals surface area contributed by atoms with Crippen molar-refractivity contribution in [2.24, 2.45) is 0 Å². The van der Waals surface area contributed by atoms with Crippen molar-refractivity contribution < 1.29 is 0 Å². The topological polar surface area (TPSA) is 24.1 Å².